The topological polar surface area (TPSA) is 92.3 Å². The van der Waals surface area contributed by atoms with E-state index in [9.17, 15) is 16.8 Å². The molecule has 0 heterocycles. The molecule has 0 bridgehead atoms. The molecule has 0 aliphatic heterocycles. The van der Waals surface area contributed by atoms with Crippen LogP contribution in [0, 0.1) is 0 Å². The van der Waals surface area contributed by atoms with Crippen molar-refractivity contribution in [2.75, 3.05) is 15.7 Å². The lowest BCUT2D eigenvalue weighted by molar-refractivity contribution is 0.600. The Morgan fingerprint density at radius 3 is 1.45 bits per heavy atom. The van der Waals surface area contributed by atoms with E-state index in [4.69, 9.17) is 11.6 Å². The van der Waals surface area contributed by atoms with Gasteiger partial charge in [0.25, 0.3) is 20.0 Å². The minimum Gasteiger partial charge on any atom is -0.280 e. The third kappa shape index (κ3) is 5.45. The van der Waals surface area contributed by atoms with Gasteiger partial charge in [0, 0.05) is 21.3 Å². The fourth-order valence-corrected chi connectivity index (χ4v) is 5.05. The molecule has 0 spiro atoms. The molecule has 152 valence electrons. The zero-order valence-electron chi connectivity index (χ0n) is 15.2. The summed E-state index contributed by atoms with van der Waals surface area (Å²) in [6, 6.07) is 18.1. The van der Waals surface area contributed by atoms with E-state index in [-0.39, 0.29) is 15.5 Å². The lowest BCUT2D eigenvalue weighted by Gasteiger charge is -2.11. The van der Waals surface area contributed by atoms with E-state index in [1.165, 1.54) is 48.2 Å². The van der Waals surface area contributed by atoms with Gasteiger partial charge in [0.2, 0.25) is 0 Å². The van der Waals surface area contributed by atoms with E-state index in [0.29, 0.717) is 10.7 Å². The van der Waals surface area contributed by atoms with Gasteiger partial charge >= 0.3 is 0 Å². The number of rotatable bonds is 7. The lowest BCUT2D eigenvalue weighted by Crippen LogP contribution is -2.14. The van der Waals surface area contributed by atoms with Gasteiger partial charge in [0.15, 0.2) is 0 Å². The normalized spacial score (nSPS) is 11.8. The molecule has 3 aromatic carbocycles. The van der Waals surface area contributed by atoms with Crippen molar-refractivity contribution in [3.8, 4) is 0 Å². The Labute approximate surface area is 179 Å². The zero-order chi connectivity index (χ0) is 21.1. The van der Waals surface area contributed by atoms with E-state index in [1.807, 2.05) is 6.26 Å². The Morgan fingerprint density at radius 2 is 1.03 bits per heavy atom. The summed E-state index contributed by atoms with van der Waals surface area (Å²) >= 11 is 7.31. The number of hydrogen-bond acceptors (Lipinski definition) is 5. The second kappa shape index (κ2) is 8.66. The average molecular weight is 469 g/mol. The predicted octanol–water partition coefficient (Wildman–Crippen LogP) is 4.66. The van der Waals surface area contributed by atoms with Crippen molar-refractivity contribution in [3.63, 3.8) is 0 Å². The molecule has 0 fully saturated rings. The van der Waals surface area contributed by atoms with Gasteiger partial charge in [-0.3, -0.25) is 9.44 Å². The van der Waals surface area contributed by atoms with Crippen LogP contribution in [0.4, 0.5) is 11.4 Å². The Bertz CT molecular complexity index is 1190. The quantitative estimate of drug-likeness (QED) is 0.492. The first-order valence-electron chi connectivity index (χ1n) is 8.25. The SMILES string of the molecule is CSc1ccc(S(=O)(=O)Nc2ccc(S(=O)(=O)Nc3ccc(Cl)cc3)cc2)cc1. The van der Waals surface area contributed by atoms with Gasteiger partial charge in [-0.05, 0) is 79.1 Å². The molecule has 6 nitrogen and oxygen atoms in total. The molecular formula is C19H17ClN2O4S3. The minimum atomic E-state index is -3.82. The first-order valence-corrected chi connectivity index (χ1v) is 12.8. The first-order chi connectivity index (χ1) is 13.7. The Kier molecular flexibility index (Phi) is 6.42. The number of hydrogen-bond donors (Lipinski definition) is 2. The minimum absolute atomic E-state index is 0.000258. The highest BCUT2D eigenvalue weighted by molar-refractivity contribution is 7.98. The second-order valence-corrected chi connectivity index (χ2v) is 10.6. The standard InChI is InChI=1S/C19H17ClN2O4S3/c1-27-17-8-12-19(13-9-17)29(25,26)22-16-6-10-18(11-7-16)28(23,24)21-15-4-2-14(20)3-5-15/h2-13,21-22H,1H3. The molecular weight excluding hydrogens is 452 g/mol. The molecule has 29 heavy (non-hydrogen) atoms. The van der Waals surface area contributed by atoms with Gasteiger partial charge in [-0.15, -0.1) is 11.8 Å². The van der Waals surface area contributed by atoms with Gasteiger partial charge in [0.05, 0.1) is 9.79 Å². The fourth-order valence-electron chi connectivity index (χ4n) is 2.40. The van der Waals surface area contributed by atoms with Crippen molar-refractivity contribution >= 4 is 54.8 Å². The Morgan fingerprint density at radius 1 is 0.655 bits per heavy atom. The van der Waals surface area contributed by atoms with Gasteiger partial charge in [-0.25, -0.2) is 16.8 Å². The maximum atomic E-state index is 12.5. The Hall–Kier alpha value is -2.20. The molecule has 0 saturated carbocycles. The van der Waals surface area contributed by atoms with Crippen molar-refractivity contribution in [1.29, 1.82) is 0 Å². The molecule has 0 unspecified atom stereocenters. The van der Waals surface area contributed by atoms with Crippen LogP contribution in [0.2, 0.25) is 5.02 Å². The Balaban J connectivity index is 1.75. The smallest absolute Gasteiger partial charge is 0.261 e. The van der Waals surface area contributed by atoms with Gasteiger partial charge in [-0.1, -0.05) is 11.6 Å². The summed E-state index contributed by atoms with van der Waals surface area (Å²) in [5.41, 5.74) is 0.622. The summed E-state index contributed by atoms with van der Waals surface area (Å²) in [6.45, 7) is 0. The maximum absolute atomic E-state index is 12.5. The predicted molar refractivity (Wildman–Crippen MR) is 118 cm³/mol. The fraction of sp³-hybridized carbons (Fsp3) is 0.0526. The molecule has 3 rings (SSSR count). The third-order valence-electron chi connectivity index (χ3n) is 3.88. The van der Waals surface area contributed by atoms with Crippen molar-refractivity contribution < 1.29 is 16.8 Å². The zero-order valence-corrected chi connectivity index (χ0v) is 18.4. The molecule has 0 amide bonds. The van der Waals surface area contributed by atoms with Crippen molar-refractivity contribution in [1.82, 2.24) is 0 Å². The van der Waals surface area contributed by atoms with Crippen LogP contribution < -0.4 is 9.44 Å². The molecule has 0 aliphatic rings. The second-order valence-electron chi connectivity index (χ2n) is 5.92. The summed E-state index contributed by atoms with van der Waals surface area (Å²) in [6.07, 6.45) is 1.90. The molecule has 0 saturated heterocycles. The van der Waals surface area contributed by atoms with E-state index in [2.05, 4.69) is 9.44 Å². The highest BCUT2D eigenvalue weighted by Gasteiger charge is 2.17. The van der Waals surface area contributed by atoms with Crippen LogP contribution in [-0.2, 0) is 20.0 Å². The number of anilines is 2. The van der Waals surface area contributed by atoms with Crippen LogP contribution in [0.3, 0.4) is 0 Å². The van der Waals surface area contributed by atoms with Gasteiger partial charge in [0.1, 0.15) is 0 Å². The van der Waals surface area contributed by atoms with E-state index in [1.54, 1.807) is 36.4 Å². The van der Waals surface area contributed by atoms with Crippen LogP contribution in [0.25, 0.3) is 0 Å². The molecule has 0 atom stereocenters. The van der Waals surface area contributed by atoms with Crippen LogP contribution in [-0.4, -0.2) is 23.1 Å². The maximum Gasteiger partial charge on any atom is 0.261 e. The van der Waals surface area contributed by atoms with E-state index < -0.39 is 20.0 Å². The van der Waals surface area contributed by atoms with Crippen LogP contribution in [0.5, 0.6) is 0 Å². The summed E-state index contributed by atoms with van der Waals surface area (Å²) in [4.78, 5) is 1.07. The monoisotopic (exact) mass is 468 g/mol. The van der Waals surface area contributed by atoms with Crippen LogP contribution >= 0.6 is 23.4 Å². The number of thioether (sulfide) groups is 1. The molecule has 0 aromatic heterocycles. The largest absolute Gasteiger partial charge is 0.280 e. The summed E-state index contributed by atoms with van der Waals surface area (Å²) < 4.78 is 54.8. The van der Waals surface area contributed by atoms with Crippen molar-refractivity contribution in [2.24, 2.45) is 0 Å². The average Bonchev–Trinajstić information content (AvgIpc) is 2.70. The van der Waals surface area contributed by atoms with Crippen LogP contribution in [0.1, 0.15) is 0 Å². The lowest BCUT2D eigenvalue weighted by atomic mass is 10.3. The first kappa shape index (κ1) is 21.5. The number of halogens is 1. The molecule has 2 N–H and O–H groups in total. The van der Waals surface area contributed by atoms with E-state index >= 15 is 0 Å². The highest BCUT2D eigenvalue weighted by Crippen LogP contribution is 2.23. The van der Waals surface area contributed by atoms with Crippen molar-refractivity contribution in [3.05, 3.63) is 77.8 Å². The summed E-state index contributed by atoms with van der Waals surface area (Å²) in [7, 11) is -7.60. The van der Waals surface area contributed by atoms with Crippen LogP contribution in [0.15, 0.2) is 87.5 Å². The summed E-state index contributed by atoms with van der Waals surface area (Å²) in [5, 5.41) is 0.493. The highest BCUT2D eigenvalue weighted by atomic mass is 35.5. The molecule has 10 heteroatoms. The molecule has 0 aliphatic carbocycles. The molecule has 0 radical (unpaired) electrons. The number of sulfonamides is 2. The van der Waals surface area contributed by atoms with E-state index in [0.717, 1.165) is 4.90 Å². The van der Waals surface area contributed by atoms with Crippen molar-refractivity contribution in [2.45, 2.75) is 14.7 Å². The summed E-state index contributed by atoms with van der Waals surface area (Å²) in [5.74, 6) is 0. The third-order valence-corrected chi connectivity index (χ3v) is 7.67. The molecule has 3 aromatic rings. The van der Waals surface area contributed by atoms with Gasteiger partial charge in [-0.2, -0.15) is 0 Å². The van der Waals surface area contributed by atoms with Gasteiger partial charge < -0.3 is 0 Å². The number of nitrogens with one attached hydrogen (secondary N) is 2. The number of benzene rings is 3.